The fourth-order valence-corrected chi connectivity index (χ4v) is 3.57. The van der Waals surface area contributed by atoms with Crippen LogP contribution in [0.4, 0.5) is 4.39 Å². The summed E-state index contributed by atoms with van der Waals surface area (Å²) < 4.78 is 19.0. The van der Waals surface area contributed by atoms with Crippen molar-refractivity contribution in [2.24, 2.45) is 0 Å². The Labute approximate surface area is 178 Å². The molecule has 1 fully saturated rings. The maximum Gasteiger partial charge on any atom is 0.263 e. The molecule has 2 amide bonds. The van der Waals surface area contributed by atoms with Crippen LogP contribution in [0.5, 0.6) is 5.75 Å². The van der Waals surface area contributed by atoms with E-state index in [0.29, 0.717) is 37.0 Å². The number of hydrogen-bond acceptors (Lipinski definition) is 3. The Kier molecular flexibility index (Phi) is 6.65. The van der Waals surface area contributed by atoms with Crippen LogP contribution in [0.25, 0.3) is 0 Å². The van der Waals surface area contributed by atoms with Crippen molar-refractivity contribution in [3.63, 3.8) is 0 Å². The predicted molar refractivity (Wildman–Crippen MR) is 110 cm³/mol. The van der Waals surface area contributed by atoms with Crippen LogP contribution >= 0.6 is 23.2 Å². The molecule has 1 aliphatic heterocycles. The highest BCUT2D eigenvalue weighted by atomic mass is 35.5. The highest BCUT2D eigenvalue weighted by Crippen LogP contribution is 2.27. The molecule has 3 rings (SSSR count). The highest BCUT2D eigenvalue weighted by Gasteiger charge is 2.29. The third-order valence-corrected chi connectivity index (χ3v) is 5.40. The molecule has 8 heteroatoms. The van der Waals surface area contributed by atoms with Crippen molar-refractivity contribution in [3.8, 4) is 5.75 Å². The van der Waals surface area contributed by atoms with Crippen LogP contribution < -0.4 is 4.74 Å². The zero-order valence-corrected chi connectivity index (χ0v) is 17.6. The molecule has 0 aromatic heterocycles. The second-order valence-corrected chi connectivity index (χ2v) is 7.75. The van der Waals surface area contributed by atoms with Gasteiger partial charge in [0.25, 0.3) is 11.8 Å². The molecule has 1 heterocycles. The van der Waals surface area contributed by atoms with E-state index in [1.807, 2.05) is 13.0 Å². The van der Waals surface area contributed by atoms with Crippen LogP contribution in [0, 0.1) is 12.7 Å². The quantitative estimate of drug-likeness (QED) is 0.718. The van der Waals surface area contributed by atoms with E-state index in [1.165, 1.54) is 12.1 Å². The van der Waals surface area contributed by atoms with E-state index in [4.69, 9.17) is 27.9 Å². The number of benzene rings is 2. The number of nitrogens with zero attached hydrogens (tertiary/aromatic N) is 2. The Morgan fingerprint density at radius 1 is 1.00 bits per heavy atom. The number of amides is 2. The van der Waals surface area contributed by atoms with Crippen molar-refractivity contribution in [1.82, 2.24) is 9.80 Å². The summed E-state index contributed by atoms with van der Waals surface area (Å²) in [4.78, 5) is 28.6. The van der Waals surface area contributed by atoms with E-state index in [1.54, 1.807) is 28.9 Å². The zero-order chi connectivity index (χ0) is 21.1. The molecule has 1 unspecified atom stereocenters. The lowest BCUT2D eigenvalue weighted by atomic mass is 10.1. The summed E-state index contributed by atoms with van der Waals surface area (Å²) in [6, 6.07) is 9.08. The van der Waals surface area contributed by atoms with Crippen molar-refractivity contribution in [2.75, 3.05) is 26.2 Å². The minimum atomic E-state index is -0.705. The van der Waals surface area contributed by atoms with Gasteiger partial charge in [0.1, 0.15) is 11.6 Å². The summed E-state index contributed by atoms with van der Waals surface area (Å²) >= 11 is 12.1. The molecular weight excluding hydrogens is 418 g/mol. The number of piperazine rings is 1. The summed E-state index contributed by atoms with van der Waals surface area (Å²) in [7, 11) is 0. The van der Waals surface area contributed by atoms with Crippen LogP contribution in [0.1, 0.15) is 22.8 Å². The van der Waals surface area contributed by atoms with Gasteiger partial charge in [-0.15, -0.1) is 0 Å². The monoisotopic (exact) mass is 438 g/mol. The lowest BCUT2D eigenvalue weighted by Gasteiger charge is -2.36. The first-order valence-electron chi connectivity index (χ1n) is 9.22. The van der Waals surface area contributed by atoms with Crippen LogP contribution in [0.15, 0.2) is 36.4 Å². The normalized spacial score (nSPS) is 15.2. The molecule has 29 heavy (non-hydrogen) atoms. The fraction of sp³-hybridized carbons (Fsp3) is 0.333. The first-order valence-corrected chi connectivity index (χ1v) is 9.98. The first-order chi connectivity index (χ1) is 13.8. The molecule has 1 aliphatic rings. The Balaban J connectivity index is 1.58. The number of aryl methyl sites for hydroxylation is 1. The standard InChI is InChI=1S/C21H21Cl2FN2O3/c1-13-3-6-17(22)19(11-13)29-14(2)20(27)25-7-9-26(10-8-25)21(28)16-5-4-15(24)12-18(16)23/h3-6,11-12,14H,7-10H2,1-2H3. The molecule has 0 radical (unpaired) electrons. The average Bonchev–Trinajstić information content (AvgIpc) is 2.70. The molecule has 0 aliphatic carbocycles. The number of ether oxygens (including phenoxy) is 1. The molecule has 0 saturated carbocycles. The fourth-order valence-electron chi connectivity index (χ4n) is 3.16. The van der Waals surface area contributed by atoms with Gasteiger partial charge >= 0.3 is 0 Å². The molecule has 1 saturated heterocycles. The lowest BCUT2D eigenvalue weighted by Crippen LogP contribution is -2.53. The molecule has 0 N–H and O–H groups in total. The van der Waals surface area contributed by atoms with E-state index < -0.39 is 11.9 Å². The molecular formula is C21H21Cl2FN2O3. The number of rotatable bonds is 4. The predicted octanol–water partition coefficient (Wildman–Crippen LogP) is 4.19. The Morgan fingerprint density at radius 3 is 2.31 bits per heavy atom. The van der Waals surface area contributed by atoms with Gasteiger partial charge in [-0.1, -0.05) is 29.3 Å². The zero-order valence-electron chi connectivity index (χ0n) is 16.1. The summed E-state index contributed by atoms with van der Waals surface area (Å²) in [6.45, 7) is 5.06. The van der Waals surface area contributed by atoms with Gasteiger partial charge in [-0.25, -0.2) is 4.39 Å². The van der Waals surface area contributed by atoms with Gasteiger partial charge in [0.2, 0.25) is 0 Å². The van der Waals surface area contributed by atoms with E-state index >= 15 is 0 Å². The van der Waals surface area contributed by atoms with E-state index in [-0.39, 0.29) is 22.4 Å². The van der Waals surface area contributed by atoms with E-state index in [2.05, 4.69) is 0 Å². The number of halogens is 3. The highest BCUT2D eigenvalue weighted by molar-refractivity contribution is 6.33. The molecule has 0 bridgehead atoms. The van der Waals surface area contributed by atoms with Crippen LogP contribution in [-0.4, -0.2) is 53.9 Å². The van der Waals surface area contributed by atoms with Gasteiger partial charge in [-0.2, -0.15) is 0 Å². The topological polar surface area (TPSA) is 49.9 Å². The van der Waals surface area contributed by atoms with Gasteiger partial charge in [0.05, 0.1) is 15.6 Å². The first kappa shape index (κ1) is 21.4. The van der Waals surface area contributed by atoms with Gasteiger partial charge in [0, 0.05) is 26.2 Å². The molecule has 154 valence electrons. The third kappa shape index (κ3) is 5.00. The molecule has 2 aromatic carbocycles. The van der Waals surface area contributed by atoms with Crippen molar-refractivity contribution in [3.05, 3.63) is 63.4 Å². The van der Waals surface area contributed by atoms with E-state index in [9.17, 15) is 14.0 Å². The minimum Gasteiger partial charge on any atom is -0.479 e. The van der Waals surface area contributed by atoms with Gasteiger partial charge in [-0.3, -0.25) is 9.59 Å². The van der Waals surface area contributed by atoms with Gasteiger partial charge in [-0.05, 0) is 49.7 Å². The Morgan fingerprint density at radius 2 is 1.66 bits per heavy atom. The third-order valence-electron chi connectivity index (χ3n) is 4.78. The van der Waals surface area contributed by atoms with Crippen LogP contribution in [0.3, 0.4) is 0 Å². The molecule has 0 spiro atoms. The maximum absolute atomic E-state index is 13.2. The summed E-state index contributed by atoms with van der Waals surface area (Å²) in [6.07, 6.45) is -0.705. The lowest BCUT2D eigenvalue weighted by molar-refractivity contribution is -0.139. The van der Waals surface area contributed by atoms with Crippen LogP contribution in [-0.2, 0) is 4.79 Å². The van der Waals surface area contributed by atoms with Crippen molar-refractivity contribution in [2.45, 2.75) is 20.0 Å². The smallest absolute Gasteiger partial charge is 0.263 e. The number of hydrogen-bond donors (Lipinski definition) is 0. The maximum atomic E-state index is 13.2. The minimum absolute atomic E-state index is 0.0746. The molecule has 5 nitrogen and oxygen atoms in total. The van der Waals surface area contributed by atoms with Gasteiger partial charge in [0.15, 0.2) is 6.10 Å². The van der Waals surface area contributed by atoms with Crippen molar-refractivity contribution in [1.29, 1.82) is 0 Å². The number of carbonyl (C=O) groups is 2. The van der Waals surface area contributed by atoms with Crippen molar-refractivity contribution < 1.29 is 18.7 Å². The second-order valence-electron chi connectivity index (χ2n) is 6.94. The molecule has 1 atom stereocenters. The summed E-state index contributed by atoms with van der Waals surface area (Å²) in [5.41, 5.74) is 1.23. The SMILES string of the molecule is Cc1ccc(Cl)c(OC(C)C(=O)N2CCN(C(=O)c3ccc(F)cc3Cl)CC2)c1. The molecule has 2 aromatic rings. The second kappa shape index (κ2) is 9.01. The Hall–Kier alpha value is -2.31. The van der Waals surface area contributed by atoms with Crippen molar-refractivity contribution >= 4 is 35.0 Å². The Bertz CT molecular complexity index is 930. The van der Waals surface area contributed by atoms with E-state index in [0.717, 1.165) is 11.6 Å². The van der Waals surface area contributed by atoms with Crippen LogP contribution in [0.2, 0.25) is 10.0 Å². The average molecular weight is 439 g/mol. The number of carbonyl (C=O) groups excluding carboxylic acids is 2. The summed E-state index contributed by atoms with van der Waals surface area (Å²) in [5, 5.41) is 0.521. The summed E-state index contributed by atoms with van der Waals surface area (Å²) in [5.74, 6) is -0.482. The largest absolute Gasteiger partial charge is 0.479 e. The van der Waals surface area contributed by atoms with Gasteiger partial charge < -0.3 is 14.5 Å².